The SMILES string of the molecule is CC(C)(C)OC=O.Cc1cc(OC2CCN(C)CC2)ccc1NC(=O)c1nc[nH]c1C.O=CNc1nc2ccccc2[nH]1. The van der Waals surface area contributed by atoms with E-state index >= 15 is 0 Å². The van der Waals surface area contributed by atoms with Gasteiger partial charge in [-0.3, -0.25) is 19.7 Å². The number of likely N-dealkylation sites (tertiary alicyclic amines) is 1. The first-order chi connectivity index (χ1) is 20.5. The van der Waals surface area contributed by atoms with Gasteiger partial charge < -0.3 is 29.7 Å². The zero-order valence-electron chi connectivity index (χ0n) is 25.6. The number of nitrogens with one attached hydrogen (secondary N) is 4. The van der Waals surface area contributed by atoms with Gasteiger partial charge in [-0.05, 0) is 90.4 Å². The van der Waals surface area contributed by atoms with Crippen molar-refractivity contribution in [2.24, 2.45) is 0 Å². The van der Waals surface area contributed by atoms with Crippen LogP contribution in [0.3, 0.4) is 0 Å². The summed E-state index contributed by atoms with van der Waals surface area (Å²) in [6.07, 6.45) is 4.49. The van der Waals surface area contributed by atoms with E-state index in [9.17, 15) is 14.4 Å². The summed E-state index contributed by atoms with van der Waals surface area (Å²) in [5, 5.41) is 5.36. The summed E-state index contributed by atoms with van der Waals surface area (Å²) in [6, 6.07) is 13.4. The van der Waals surface area contributed by atoms with E-state index < -0.39 is 0 Å². The number of benzene rings is 2. The molecular formula is C31H41N7O5. The minimum Gasteiger partial charge on any atom is -0.490 e. The van der Waals surface area contributed by atoms with Gasteiger partial charge in [-0.15, -0.1) is 0 Å². The Labute approximate surface area is 251 Å². The van der Waals surface area contributed by atoms with Crippen molar-refractivity contribution in [3.8, 4) is 5.75 Å². The van der Waals surface area contributed by atoms with E-state index in [2.05, 4.69) is 47.3 Å². The summed E-state index contributed by atoms with van der Waals surface area (Å²) in [5.74, 6) is 1.13. The fourth-order valence-corrected chi connectivity index (χ4v) is 4.14. The molecule has 12 nitrogen and oxygen atoms in total. The second-order valence-electron chi connectivity index (χ2n) is 11.1. The number of ether oxygens (including phenoxy) is 2. The van der Waals surface area contributed by atoms with E-state index in [1.54, 1.807) is 0 Å². The van der Waals surface area contributed by atoms with Crippen LogP contribution in [0.1, 0.15) is 55.4 Å². The van der Waals surface area contributed by atoms with Gasteiger partial charge in [0.15, 0.2) is 0 Å². The smallest absolute Gasteiger partial charge is 0.293 e. The average Bonchev–Trinajstić information content (AvgIpc) is 3.57. The topological polar surface area (TPSA) is 154 Å². The Hall–Kier alpha value is -4.71. The first-order valence-corrected chi connectivity index (χ1v) is 14.0. The molecule has 0 aliphatic carbocycles. The number of aromatic nitrogens is 4. The van der Waals surface area contributed by atoms with E-state index in [-0.39, 0.29) is 17.6 Å². The molecule has 12 heteroatoms. The van der Waals surface area contributed by atoms with Gasteiger partial charge in [0.05, 0.1) is 17.4 Å². The molecule has 2 amide bonds. The highest BCUT2D eigenvalue weighted by Crippen LogP contribution is 2.25. The second kappa shape index (κ2) is 15.5. The summed E-state index contributed by atoms with van der Waals surface area (Å²) < 4.78 is 10.6. The molecule has 1 fully saturated rings. The minimum atomic E-state index is -0.318. The molecule has 0 unspecified atom stereocenters. The molecule has 0 spiro atoms. The highest BCUT2D eigenvalue weighted by Gasteiger charge is 2.19. The van der Waals surface area contributed by atoms with Crippen molar-refractivity contribution < 1.29 is 23.9 Å². The molecule has 43 heavy (non-hydrogen) atoms. The average molecular weight is 592 g/mol. The highest BCUT2D eigenvalue weighted by molar-refractivity contribution is 6.04. The number of hydrogen-bond donors (Lipinski definition) is 4. The van der Waals surface area contributed by atoms with Gasteiger partial charge in [0.25, 0.3) is 12.4 Å². The number of H-pyrrole nitrogens is 2. The molecule has 0 saturated carbocycles. The summed E-state index contributed by atoms with van der Waals surface area (Å²) in [6.45, 7) is 11.9. The van der Waals surface area contributed by atoms with Crippen LogP contribution in [0.15, 0.2) is 48.8 Å². The van der Waals surface area contributed by atoms with Crippen molar-refractivity contribution >= 4 is 41.5 Å². The maximum atomic E-state index is 12.3. The number of imidazole rings is 2. The molecule has 5 rings (SSSR count). The molecule has 1 saturated heterocycles. The largest absolute Gasteiger partial charge is 0.490 e. The van der Waals surface area contributed by atoms with Crippen LogP contribution in [0.2, 0.25) is 0 Å². The molecule has 0 bridgehead atoms. The lowest BCUT2D eigenvalue weighted by Crippen LogP contribution is -2.35. The zero-order valence-corrected chi connectivity index (χ0v) is 25.6. The second-order valence-corrected chi connectivity index (χ2v) is 11.1. The van der Waals surface area contributed by atoms with Gasteiger partial charge >= 0.3 is 0 Å². The van der Waals surface area contributed by atoms with Crippen LogP contribution in [-0.2, 0) is 14.3 Å². The van der Waals surface area contributed by atoms with E-state index in [1.165, 1.54) is 6.33 Å². The number of piperidine rings is 1. The first-order valence-electron chi connectivity index (χ1n) is 14.0. The Bertz CT molecular complexity index is 1450. The fraction of sp³-hybridized carbons (Fsp3) is 0.387. The number of rotatable bonds is 7. The van der Waals surface area contributed by atoms with Crippen LogP contribution < -0.4 is 15.4 Å². The van der Waals surface area contributed by atoms with Crippen LogP contribution in [0.4, 0.5) is 11.6 Å². The maximum absolute atomic E-state index is 12.3. The van der Waals surface area contributed by atoms with Gasteiger partial charge in [-0.25, -0.2) is 9.97 Å². The predicted octanol–water partition coefficient (Wildman–Crippen LogP) is 4.84. The number of nitrogens with zero attached hydrogens (tertiary/aromatic N) is 3. The monoisotopic (exact) mass is 591 g/mol. The van der Waals surface area contributed by atoms with Crippen LogP contribution in [0, 0.1) is 13.8 Å². The number of aryl methyl sites for hydroxylation is 2. The fourth-order valence-electron chi connectivity index (χ4n) is 4.14. The van der Waals surface area contributed by atoms with Gasteiger partial charge in [0.2, 0.25) is 12.4 Å². The number of carbonyl (C=O) groups is 3. The minimum absolute atomic E-state index is 0.208. The predicted molar refractivity (Wildman–Crippen MR) is 166 cm³/mol. The third kappa shape index (κ3) is 10.6. The molecule has 1 aliphatic heterocycles. The third-order valence-electron chi connectivity index (χ3n) is 6.45. The lowest BCUT2D eigenvalue weighted by Gasteiger charge is -2.29. The molecule has 2 aromatic carbocycles. The van der Waals surface area contributed by atoms with E-state index in [0.717, 1.165) is 59.7 Å². The number of amides is 2. The number of hydrogen-bond acceptors (Lipinski definition) is 8. The Morgan fingerprint density at radius 3 is 2.37 bits per heavy atom. The zero-order chi connectivity index (χ0) is 31.4. The van der Waals surface area contributed by atoms with Crippen molar-refractivity contribution in [2.45, 2.75) is 59.2 Å². The molecular weight excluding hydrogens is 550 g/mol. The van der Waals surface area contributed by atoms with Gasteiger partial charge in [0.1, 0.15) is 23.1 Å². The normalized spacial score (nSPS) is 13.5. The summed E-state index contributed by atoms with van der Waals surface area (Å²) in [7, 11) is 2.14. The molecule has 0 atom stereocenters. The molecule has 4 N–H and O–H groups in total. The van der Waals surface area contributed by atoms with Crippen LogP contribution >= 0.6 is 0 Å². The van der Waals surface area contributed by atoms with Crippen molar-refractivity contribution in [2.75, 3.05) is 30.8 Å². The number of para-hydroxylation sites is 2. The molecule has 3 heterocycles. The quantitative estimate of drug-likeness (QED) is 0.223. The Balaban J connectivity index is 0.000000220. The number of anilines is 2. The first kappa shape index (κ1) is 32.8. The van der Waals surface area contributed by atoms with Gasteiger partial charge in [0, 0.05) is 24.5 Å². The maximum Gasteiger partial charge on any atom is 0.293 e. The standard InChI is InChI=1S/C18H24N4O2.C8H7N3O.C5H10O2/c1-12-10-15(24-14-6-8-22(3)9-7-14)4-5-16(12)21-18(23)17-13(2)19-11-20-17;12-5-9-8-10-6-3-1-2-4-7(6)11-8;1-5(2,3)7-4-6/h4-5,10-11,14H,6-9H2,1-3H3,(H,19,20)(H,21,23);1-5H,(H2,9,10,11,12);4H,1-3H3. The van der Waals surface area contributed by atoms with Crippen LogP contribution in [0.25, 0.3) is 11.0 Å². The lowest BCUT2D eigenvalue weighted by molar-refractivity contribution is -0.138. The number of carbonyl (C=O) groups excluding carboxylic acids is 3. The number of fused-ring (bicyclic) bond motifs is 1. The Morgan fingerprint density at radius 1 is 1.09 bits per heavy atom. The molecule has 0 radical (unpaired) electrons. The van der Waals surface area contributed by atoms with Crippen molar-refractivity contribution in [1.29, 1.82) is 0 Å². The molecule has 230 valence electrons. The Morgan fingerprint density at radius 2 is 1.81 bits per heavy atom. The van der Waals surface area contributed by atoms with E-state index in [1.807, 2.05) is 77.1 Å². The molecule has 2 aromatic heterocycles. The van der Waals surface area contributed by atoms with Gasteiger partial charge in [-0.2, -0.15) is 0 Å². The highest BCUT2D eigenvalue weighted by atomic mass is 16.5. The van der Waals surface area contributed by atoms with Crippen LogP contribution in [-0.4, -0.2) is 75.5 Å². The van der Waals surface area contributed by atoms with Crippen molar-refractivity contribution in [1.82, 2.24) is 24.8 Å². The summed E-state index contributed by atoms with van der Waals surface area (Å²) in [4.78, 5) is 48.3. The van der Waals surface area contributed by atoms with E-state index in [4.69, 9.17) is 4.74 Å². The lowest BCUT2D eigenvalue weighted by atomic mass is 10.1. The molecule has 4 aromatic rings. The van der Waals surface area contributed by atoms with E-state index in [0.29, 0.717) is 24.5 Å². The van der Waals surface area contributed by atoms with Crippen molar-refractivity contribution in [3.05, 3.63) is 65.7 Å². The van der Waals surface area contributed by atoms with Crippen molar-refractivity contribution in [3.63, 3.8) is 0 Å². The summed E-state index contributed by atoms with van der Waals surface area (Å²) >= 11 is 0. The summed E-state index contributed by atoms with van der Waals surface area (Å²) in [5.41, 5.74) is 4.37. The van der Waals surface area contributed by atoms with Crippen LogP contribution in [0.5, 0.6) is 5.75 Å². The third-order valence-corrected chi connectivity index (χ3v) is 6.45. The Kier molecular flexibility index (Phi) is 11.8. The van der Waals surface area contributed by atoms with Gasteiger partial charge in [-0.1, -0.05) is 12.1 Å². The molecule has 1 aliphatic rings. The number of aromatic amines is 2.